The van der Waals surface area contributed by atoms with Crippen LogP contribution in [0.1, 0.15) is 5.56 Å². The number of pyridine rings is 1. The summed E-state index contributed by atoms with van der Waals surface area (Å²) in [5.41, 5.74) is 1.63. The molecular formula is C16H12N4O. The van der Waals surface area contributed by atoms with Crippen molar-refractivity contribution < 1.29 is 0 Å². The Kier molecular flexibility index (Phi) is 2.57. The normalized spacial score (nSPS) is 11.2. The summed E-state index contributed by atoms with van der Waals surface area (Å²) >= 11 is 0. The minimum Gasteiger partial charge on any atom is -0.273 e. The van der Waals surface area contributed by atoms with Crippen molar-refractivity contribution in [3.8, 4) is 0 Å². The van der Waals surface area contributed by atoms with E-state index in [0.29, 0.717) is 23.4 Å². The quantitative estimate of drug-likeness (QED) is 0.563. The summed E-state index contributed by atoms with van der Waals surface area (Å²) in [6, 6.07) is 13.5. The highest BCUT2D eigenvalue weighted by Gasteiger charge is 2.12. The third kappa shape index (κ3) is 1.82. The van der Waals surface area contributed by atoms with Crippen LogP contribution in [0.5, 0.6) is 0 Å². The lowest BCUT2D eigenvalue weighted by molar-refractivity contribution is 0.767. The van der Waals surface area contributed by atoms with Gasteiger partial charge in [0.2, 0.25) is 5.78 Å². The number of rotatable bonds is 2. The average molecular weight is 276 g/mol. The Balaban J connectivity index is 2.05. The van der Waals surface area contributed by atoms with Gasteiger partial charge in [0, 0.05) is 18.6 Å². The first kappa shape index (κ1) is 11.8. The number of nitrogens with zero attached hydrogens (tertiary/aromatic N) is 4. The van der Waals surface area contributed by atoms with Crippen LogP contribution in [-0.2, 0) is 6.54 Å². The summed E-state index contributed by atoms with van der Waals surface area (Å²) in [4.78, 5) is 21.3. The van der Waals surface area contributed by atoms with E-state index in [0.717, 1.165) is 5.56 Å². The van der Waals surface area contributed by atoms with Crippen LogP contribution < -0.4 is 5.56 Å². The molecule has 21 heavy (non-hydrogen) atoms. The zero-order valence-corrected chi connectivity index (χ0v) is 11.2. The molecule has 3 heterocycles. The van der Waals surface area contributed by atoms with Crippen LogP contribution in [0.2, 0.25) is 0 Å². The first-order valence-electron chi connectivity index (χ1n) is 6.69. The van der Waals surface area contributed by atoms with Gasteiger partial charge < -0.3 is 0 Å². The fourth-order valence-electron chi connectivity index (χ4n) is 2.56. The van der Waals surface area contributed by atoms with E-state index in [9.17, 15) is 4.79 Å². The second-order valence-electron chi connectivity index (χ2n) is 4.85. The molecular weight excluding hydrogens is 264 g/mol. The molecule has 0 atom stereocenters. The third-order valence-electron chi connectivity index (χ3n) is 3.54. The number of benzene rings is 1. The Morgan fingerprint density at radius 3 is 2.67 bits per heavy atom. The predicted octanol–water partition coefficient (Wildman–Crippen LogP) is 2.09. The van der Waals surface area contributed by atoms with Gasteiger partial charge in [-0.25, -0.2) is 9.97 Å². The lowest BCUT2D eigenvalue weighted by Crippen LogP contribution is -2.24. The molecule has 0 amide bonds. The van der Waals surface area contributed by atoms with Gasteiger partial charge in [-0.15, -0.1) is 0 Å². The molecule has 0 N–H and O–H groups in total. The maximum atomic E-state index is 12.7. The Labute approximate surface area is 120 Å². The highest BCUT2D eigenvalue weighted by atomic mass is 16.1. The summed E-state index contributed by atoms with van der Waals surface area (Å²) < 4.78 is 3.53. The molecule has 0 saturated heterocycles. The molecule has 5 heteroatoms. The fourth-order valence-corrected chi connectivity index (χ4v) is 2.56. The molecule has 0 aliphatic heterocycles. The van der Waals surface area contributed by atoms with Gasteiger partial charge in [-0.2, -0.15) is 0 Å². The second-order valence-corrected chi connectivity index (χ2v) is 4.85. The summed E-state index contributed by atoms with van der Waals surface area (Å²) in [6.07, 6.45) is 5.19. The van der Waals surface area contributed by atoms with Crippen molar-refractivity contribution in [3.05, 3.63) is 77.0 Å². The molecule has 0 unspecified atom stereocenters. The van der Waals surface area contributed by atoms with E-state index in [2.05, 4.69) is 9.97 Å². The van der Waals surface area contributed by atoms with Crippen LogP contribution in [-0.4, -0.2) is 18.9 Å². The average Bonchev–Trinajstić information content (AvgIpc) is 3.02. The molecule has 0 aliphatic rings. The van der Waals surface area contributed by atoms with Crippen LogP contribution in [0.15, 0.2) is 65.8 Å². The van der Waals surface area contributed by atoms with Gasteiger partial charge >= 0.3 is 0 Å². The van der Waals surface area contributed by atoms with Crippen LogP contribution in [0.25, 0.3) is 16.8 Å². The topological polar surface area (TPSA) is 52.2 Å². The van der Waals surface area contributed by atoms with Crippen LogP contribution in [0.4, 0.5) is 0 Å². The van der Waals surface area contributed by atoms with E-state index in [1.165, 1.54) is 0 Å². The van der Waals surface area contributed by atoms with Gasteiger partial charge in [0.05, 0.1) is 11.9 Å². The predicted molar refractivity (Wildman–Crippen MR) is 80.3 cm³/mol. The lowest BCUT2D eigenvalue weighted by Gasteiger charge is -2.10. The molecule has 0 spiro atoms. The number of fused-ring (bicyclic) bond motifs is 3. The van der Waals surface area contributed by atoms with E-state index >= 15 is 0 Å². The first-order valence-corrected chi connectivity index (χ1v) is 6.69. The molecule has 0 aliphatic carbocycles. The molecule has 0 saturated carbocycles. The Hall–Kier alpha value is -2.95. The summed E-state index contributed by atoms with van der Waals surface area (Å²) in [6.45, 7) is 0.491. The summed E-state index contributed by atoms with van der Waals surface area (Å²) in [5.74, 6) is 0.607. The number of imidazole rings is 1. The maximum absolute atomic E-state index is 12.7. The third-order valence-corrected chi connectivity index (χ3v) is 3.54. The highest BCUT2D eigenvalue weighted by molar-refractivity contribution is 5.76. The van der Waals surface area contributed by atoms with Gasteiger partial charge in [0.25, 0.3) is 5.56 Å². The molecule has 0 radical (unpaired) electrons. The Bertz CT molecular complexity index is 985. The van der Waals surface area contributed by atoms with Crippen molar-refractivity contribution in [2.75, 3.05) is 0 Å². The first-order chi connectivity index (χ1) is 10.3. The van der Waals surface area contributed by atoms with Crippen molar-refractivity contribution in [1.82, 2.24) is 18.9 Å². The van der Waals surface area contributed by atoms with Crippen molar-refractivity contribution in [3.63, 3.8) is 0 Å². The monoisotopic (exact) mass is 276 g/mol. The Morgan fingerprint density at radius 1 is 0.952 bits per heavy atom. The standard InChI is InChI=1S/C16H12N4O/c21-15-13-7-4-8-17-14(13)19-10-9-18-16(19)20(15)11-12-5-2-1-3-6-12/h1-10H,11H2. The molecule has 3 aromatic heterocycles. The summed E-state index contributed by atoms with van der Waals surface area (Å²) in [5, 5.41) is 0.596. The number of hydrogen-bond donors (Lipinski definition) is 0. The minimum absolute atomic E-state index is 0.0688. The van der Waals surface area contributed by atoms with E-state index in [1.54, 1.807) is 29.1 Å². The molecule has 0 fully saturated rings. The number of aromatic nitrogens is 4. The van der Waals surface area contributed by atoms with E-state index < -0.39 is 0 Å². The molecule has 1 aromatic carbocycles. The van der Waals surface area contributed by atoms with Crippen LogP contribution in [0, 0.1) is 0 Å². The van der Waals surface area contributed by atoms with Gasteiger partial charge in [-0.3, -0.25) is 13.8 Å². The largest absolute Gasteiger partial charge is 0.273 e. The van der Waals surface area contributed by atoms with Crippen molar-refractivity contribution in [2.45, 2.75) is 6.54 Å². The van der Waals surface area contributed by atoms with Crippen LogP contribution in [0.3, 0.4) is 0 Å². The van der Waals surface area contributed by atoms with Crippen molar-refractivity contribution >= 4 is 16.8 Å². The summed E-state index contributed by atoms with van der Waals surface area (Å²) in [7, 11) is 0. The highest BCUT2D eigenvalue weighted by Crippen LogP contribution is 2.11. The van der Waals surface area contributed by atoms with E-state index in [1.807, 2.05) is 40.9 Å². The maximum Gasteiger partial charge on any atom is 0.264 e. The SMILES string of the molecule is O=c1c2cccnc2n2ccnc2n1Cc1ccccc1. The van der Waals surface area contributed by atoms with Crippen LogP contribution >= 0.6 is 0 Å². The fraction of sp³-hybridized carbons (Fsp3) is 0.0625. The van der Waals surface area contributed by atoms with E-state index in [-0.39, 0.29) is 5.56 Å². The molecule has 0 bridgehead atoms. The molecule has 4 rings (SSSR count). The van der Waals surface area contributed by atoms with Crippen molar-refractivity contribution in [2.24, 2.45) is 0 Å². The van der Waals surface area contributed by atoms with Gasteiger partial charge in [0.1, 0.15) is 0 Å². The lowest BCUT2D eigenvalue weighted by atomic mass is 10.2. The minimum atomic E-state index is -0.0688. The van der Waals surface area contributed by atoms with Gasteiger partial charge in [0.15, 0.2) is 5.65 Å². The molecule has 4 aromatic rings. The zero-order valence-electron chi connectivity index (χ0n) is 11.2. The van der Waals surface area contributed by atoms with Crippen molar-refractivity contribution in [1.29, 1.82) is 0 Å². The second kappa shape index (κ2) is 4.56. The molecule has 102 valence electrons. The Morgan fingerprint density at radius 2 is 1.81 bits per heavy atom. The number of hydrogen-bond acceptors (Lipinski definition) is 3. The smallest absolute Gasteiger partial charge is 0.264 e. The zero-order chi connectivity index (χ0) is 14.2. The van der Waals surface area contributed by atoms with Gasteiger partial charge in [-0.1, -0.05) is 30.3 Å². The molecule has 5 nitrogen and oxygen atoms in total. The van der Waals surface area contributed by atoms with Gasteiger partial charge in [-0.05, 0) is 17.7 Å². The van der Waals surface area contributed by atoms with E-state index in [4.69, 9.17) is 0 Å².